The van der Waals surface area contributed by atoms with Crippen LogP contribution in [0.2, 0.25) is 0 Å². The van der Waals surface area contributed by atoms with Crippen molar-refractivity contribution in [2.45, 2.75) is 25.9 Å². The summed E-state index contributed by atoms with van der Waals surface area (Å²) in [4.78, 5) is 14.2. The largest absolute Gasteiger partial charge is 0.379 e. The Labute approximate surface area is 130 Å². The molecule has 1 saturated heterocycles. The van der Waals surface area contributed by atoms with Crippen LogP contribution in [0.3, 0.4) is 0 Å². The van der Waals surface area contributed by atoms with Crippen LogP contribution in [0.1, 0.15) is 25.5 Å². The molecule has 22 heavy (non-hydrogen) atoms. The van der Waals surface area contributed by atoms with Crippen molar-refractivity contribution in [2.75, 3.05) is 32.8 Å². The zero-order valence-corrected chi connectivity index (χ0v) is 13.1. The fraction of sp³-hybridized carbons (Fsp3) is 0.562. The average Bonchev–Trinajstić information content (AvgIpc) is 2.54. The predicted molar refractivity (Wildman–Crippen MR) is 83.2 cm³/mol. The maximum absolute atomic E-state index is 12.9. The molecular weight excluding hydrogens is 285 g/mol. The Hall–Kier alpha value is -1.66. The molecule has 0 unspecified atom stereocenters. The summed E-state index contributed by atoms with van der Waals surface area (Å²) in [6, 6.07) is 6.04. The van der Waals surface area contributed by atoms with E-state index in [1.54, 1.807) is 12.1 Å². The van der Waals surface area contributed by atoms with Gasteiger partial charge in [0.2, 0.25) is 0 Å². The SMILES string of the molecule is C[C@H](NC(=O)NC[C@H](C)N1CCOCC1)c1ccc(F)cc1. The van der Waals surface area contributed by atoms with E-state index in [0.717, 1.165) is 31.9 Å². The molecule has 122 valence electrons. The van der Waals surface area contributed by atoms with E-state index >= 15 is 0 Å². The molecule has 1 aromatic carbocycles. The van der Waals surface area contributed by atoms with E-state index in [4.69, 9.17) is 4.74 Å². The van der Waals surface area contributed by atoms with E-state index in [9.17, 15) is 9.18 Å². The number of rotatable bonds is 5. The fourth-order valence-corrected chi connectivity index (χ4v) is 2.47. The summed E-state index contributed by atoms with van der Waals surface area (Å²) < 4.78 is 18.2. The number of amides is 2. The fourth-order valence-electron chi connectivity index (χ4n) is 2.47. The van der Waals surface area contributed by atoms with Crippen molar-refractivity contribution in [1.29, 1.82) is 0 Å². The molecule has 2 rings (SSSR count). The molecule has 1 fully saturated rings. The lowest BCUT2D eigenvalue weighted by Gasteiger charge is -2.32. The molecule has 1 aromatic rings. The van der Waals surface area contributed by atoms with Crippen LogP contribution >= 0.6 is 0 Å². The van der Waals surface area contributed by atoms with Crippen LogP contribution in [-0.4, -0.2) is 49.8 Å². The molecule has 0 saturated carbocycles. The molecule has 1 heterocycles. The van der Waals surface area contributed by atoms with Crippen LogP contribution in [0.5, 0.6) is 0 Å². The van der Waals surface area contributed by atoms with Crippen LogP contribution in [-0.2, 0) is 4.74 Å². The molecule has 0 bridgehead atoms. The van der Waals surface area contributed by atoms with Crippen molar-refractivity contribution in [3.63, 3.8) is 0 Å². The van der Waals surface area contributed by atoms with Gasteiger partial charge in [0.15, 0.2) is 0 Å². The Kier molecular flexibility index (Phi) is 6.15. The molecule has 0 radical (unpaired) electrons. The zero-order valence-electron chi connectivity index (χ0n) is 13.1. The Balaban J connectivity index is 1.73. The quantitative estimate of drug-likeness (QED) is 0.873. The molecule has 0 spiro atoms. The van der Waals surface area contributed by atoms with Gasteiger partial charge in [-0.2, -0.15) is 0 Å². The van der Waals surface area contributed by atoms with Gasteiger partial charge in [0.1, 0.15) is 5.82 Å². The van der Waals surface area contributed by atoms with E-state index < -0.39 is 0 Å². The highest BCUT2D eigenvalue weighted by atomic mass is 19.1. The molecule has 2 atom stereocenters. The van der Waals surface area contributed by atoms with Gasteiger partial charge >= 0.3 is 6.03 Å². The summed E-state index contributed by atoms with van der Waals surface area (Å²) >= 11 is 0. The summed E-state index contributed by atoms with van der Waals surface area (Å²) in [5.41, 5.74) is 0.873. The normalized spacial score (nSPS) is 18.5. The first kappa shape index (κ1) is 16.7. The topological polar surface area (TPSA) is 53.6 Å². The van der Waals surface area contributed by atoms with Gasteiger partial charge in [-0.05, 0) is 31.5 Å². The molecule has 0 aliphatic carbocycles. The lowest BCUT2D eigenvalue weighted by atomic mass is 10.1. The Morgan fingerprint density at radius 3 is 2.55 bits per heavy atom. The van der Waals surface area contributed by atoms with Crippen LogP contribution in [0.25, 0.3) is 0 Å². The first-order valence-electron chi connectivity index (χ1n) is 7.68. The lowest BCUT2D eigenvalue weighted by Crippen LogP contribution is -2.49. The first-order chi connectivity index (χ1) is 10.6. The molecule has 2 amide bonds. The number of urea groups is 1. The number of nitrogens with one attached hydrogen (secondary N) is 2. The Morgan fingerprint density at radius 2 is 1.91 bits per heavy atom. The number of benzene rings is 1. The molecule has 0 aromatic heterocycles. The number of carbonyl (C=O) groups is 1. The van der Waals surface area contributed by atoms with Crippen LogP contribution in [0.4, 0.5) is 9.18 Å². The number of carbonyl (C=O) groups excluding carboxylic acids is 1. The maximum Gasteiger partial charge on any atom is 0.315 e. The summed E-state index contributed by atoms with van der Waals surface area (Å²) in [5, 5.41) is 5.74. The maximum atomic E-state index is 12.9. The van der Waals surface area contributed by atoms with Gasteiger partial charge in [-0.25, -0.2) is 9.18 Å². The number of morpholine rings is 1. The summed E-state index contributed by atoms with van der Waals surface area (Å²) in [6.07, 6.45) is 0. The number of nitrogens with zero attached hydrogens (tertiary/aromatic N) is 1. The Bertz CT molecular complexity index is 475. The zero-order chi connectivity index (χ0) is 15.9. The monoisotopic (exact) mass is 309 g/mol. The van der Waals surface area contributed by atoms with Crippen LogP contribution in [0, 0.1) is 5.82 Å². The average molecular weight is 309 g/mol. The van der Waals surface area contributed by atoms with Gasteiger partial charge in [0.25, 0.3) is 0 Å². The van der Waals surface area contributed by atoms with Gasteiger partial charge < -0.3 is 15.4 Å². The van der Waals surface area contributed by atoms with Gasteiger partial charge in [0.05, 0.1) is 19.3 Å². The number of hydrogen-bond acceptors (Lipinski definition) is 3. The smallest absolute Gasteiger partial charge is 0.315 e. The lowest BCUT2D eigenvalue weighted by molar-refractivity contribution is 0.0209. The minimum absolute atomic E-state index is 0.167. The molecule has 2 N–H and O–H groups in total. The van der Waals surface area contributed by atoms with Crippen molar-refractivity contribution in [1.82, 2.24) is 15.5 Å². The number of halogens is 1. The van der Waals surface area contributed by atoms with E-state index in [-0.39, 0.29) is 23.9 Å². The second-order valence-corrected chi connectivity index (χ2v) is 5.62. The van der Waals surface area contributed by atoms with E-state index in [0.29, 0.717) is 6.54 Å². The van der Waals surface area contributed by atoms with E-state index in [2.05, 4.69) is 22.5 Å². The van der Waals surface area contributed by atoms with Crippen LogP contribution in [0.15, 0.2) is 24.3 Å². The molecule has 1 aliphatic rings. The third kappa shape index (κ3) is 4.96. The Morgan fingerprint density at radius 1 is 1.27 bits per heavy atom. The van der Waals surface area contributed by atoms with Crippen molar-refractivity contribution in [3.8, 4) is 0 Å². The third-order valence-corrected chi connectivity index (χ3v) is 3.94. The number of hydrogen-bond donors (Lipinski definition) is 2. The minimum Gasteiger partial charge on any atom is -0.379 e. The molecule has 5 nitrogen and oxygen atoms in total. The van der Waals surface area contributed by atoms with Gasteiger partial charge in [-0.3, -0.25) is 4.90 Å². The van der Waals surface area contributed by atoms with E-state index in [1.807, 2.05) is 6.92 Å². The number of ether oxygens (including phenoxy) is 1. The summed E-state index contributed by atoms with van der Waals surface area (Å²) in [6.45, 7) is 7.85. The summed E-state index contributed by atoms with van der Waals surface area (Å²) in [7, 11) is 0. The van der Waals surface area contributed by atoms with Crippen molar-refractivity contribution in [2.24, 2.45) is 0 Å². The molecular formula is C16H24FN3O2. The van der Waals surface area contributed by atoms with Crippen LogP contribution < -0.4 is 10.6 Å². The van der Waals surface area contributed by atoms with Gasteiger partial charge in [0, 0.05) is 25.7 Å². The second kappa shape index (κ2) is 8.10. The van der Waals surface area contributed by atoms with E-state index in [1.165, 1.54) is 12.1 Å². The van der Waals surface area contributed by atoms with Crippen molar-refractivity contribution < 1.29 is 13.9 Å². The highest BCUT2D eigenvalue weighted by Gasteiger charge is 2.17. The highest BCUT2D eigenvalue weighted by Crippen LogP contribution is 2.12. The predicted octanol–water partition coefficient (Wildman–Crippen LogP) is 1.91. The standard InChI is InChI=1S/C16H24FN3O2/c1-12(20-7-9-22-10-8-20)11-18-16(21)19-13(2)14-3-5-15(17)6-4-14/h3-6,12-13H,7-11H2,1-2H3,(H2,18,19,21)/t12-,13-/m0/s1. The second-order valence-electron chi connectivity index (χ2n) is 5.62. The minimum atomic E-state index is -0.278. The van der Waals surface area contributed by atoms with Crippen molar-refractivity contribution >= 4 is 6.03 Å². The molecule has 1 aliphatic heterocycles. The third-order valence-electron chi connectivity index (χ3n) is 3.94. The molecule has 6 heteroatoms. The summed E-state index contributed by atoms with van der Waals surface area (Å²) in [5.74, 6) is -0.278. The van der Waals surface area contributed by atoms with Crippen molar-refractivity contribution in [3.05, 3.63) is 35.6 Å². The first-order valence-corrected chi connectivity index (χ1v) is 7.68. The van der Waals surface area contributed by atoms with Gasteiger partial charge in [-0.15, -0.1) is 0 Å². The highest BCUT2D eigenvalue weighted by molar-refractivity contribution is 5.74. The van der Waals surface area contributed by atoms with Gasteiger partial charge in [-0.1, -0.05) is 12.1 Å².